The summed E-state index contributed by atoms with van der Waals surface area (Å²) in [6.45, 7) is 1.51. The Morgan fingerprint density at radius 1 is 1.42 bits per heavy atom. The zero-order valence-electron chi connectivity index (χ0n) is 9.80. The minimum atomic E-state index is -4.86. The summed E-state index contributed by atoms with van der Waals surface area (Å²) in [7, 11) is 0. The summed E-state index contributed by atoms with van der Waals surface area (Å²) in [4.78, 5) is 14.4. The van der Waals surface area contributed by atoms with Gasteiger partial charge in [0.25, 0.3) is 6.43 Å². The SMILES string of the molecule is CCOC(=O)Cc1ncc(C(F)F)cc1C(F)(F)F. The van der Waals surface area contributed by atoms with Gasteiger partial charge in [0.2, 0.25) is 0 Å². The van der Waals surface area contributed by atoms with E-state index in [-0.39, 0.29) is 6.61 Å². The fraction of sp³-hybridized carbons (Fsp3) is 0.455. The van der Waals surface area contributed by atoms with Crippen LogP contribution in [0.2, 0.25) is 0 Å². The van der Waals surface area contributed by atoms with Gasteiger partial charge >= 0.3 is 12.1 Å². The monoisotopic (exact) mass is 283 g/mol. The summed E-state index contributed by atoms with van der Waals surface area (Å²) in [5.74, 6) is -0.898. The molecule has 1 aromatic rings. The third kappa shape index (κ3) is 4.15. The largest absolute Gasteiger partial charge is 0.466 e. The number of carbonyl (C=O) groups is 1. The molecule has 0 radical (unpaired) electrons. The molecule has 0 atom stereocenters. The molecule has 1 heterocycles. The number of pyridine rings is 1. The molecule has 0 amide bonds. The van der Waals surface area contributed by atoms with Crippen LogP contribution >= 0.6 is 0 Å². The molecule has 0 unspecified atom stereocenters. The van der Waals surface area contributed by atoms with Gasteiger partial charge in [-0.15, -0.1) is 0 Å². The molecule has 0 aliphatic carbocycles. The van der Waals surface area contributed by atoms with Crippen molar-refractivity contribution in [1.82, 2.24) is 4.98 Å². The standard InChI is InChI=1S/C11H10F5NO2/c1-2-19-9(18)4-8-7(11(14,15)16)3-6(5-17-8)10(12)13/h3,5,10H,2,4H2,1H3. The predicted molar refractivity (Wildman–Crippen MR) is 54.5 cm³/mol. The first kappa shape index (κ1) is 15.3. The van der Waals surface area contributed by atoms with Gasteiger partial charge in [-0.2, -0.15) is 13.2 Å². The molecule has 0 aliphatic heterocycles. The molecule has 0 saturated carbocycles. The van der Waals surface area contributed by atoms with Crippen LogP contribution in [0.4, 0.5) is 22.0 Å². The van der Waals surface area contributed by atoms with E-state index in [4.69, 9.17) is 0 Å². The number of aromatic nitrogens is 1. The molecule has 0 aromatic carbocycles. The van der Waals surface area contributed by atoms with Crippen molar-refractivity contribution in [3.8, 4) is 0 Å². The fourth-order valence-electron chi connectivity index (χ4n) is 1.36. The van der Waals surface area contributed by atoms with Crippen LogP contribution in [0, 0.1) is 0 Å². The van der Waals surface area contributed by atoms with Gasteiger partial charge in [-0.1, -0.05) is 0 Å². The average Bonchev–Trinajstić information content (AvgIpc) is 2.27. The number of rotatable bonds is 4. The second-order valence-corrected chi connectivity index (χ2v) is 3.54. The van der Waals surface area contributed by atoms with E-state index in [1.165, 1.54) is 6.92 Å². The van der Waals surface area contributed by atoms with Gasteiger partial charge < -0.3 is 4.74 Å². The Balaban J connectivity index is 3.13. The van der Waals surface area contributed by atoms with Crippen LogP contribution in [0.3, 0.4) is 0 Å². The van der Waals surface area contributed by atoms with Gasteiger partial charge in [0.05, 0.1) is 24.3 Å². The first-order valence-corrected chi connectivity index (χ1v) is 5.25. The lowest BCUT2D eigenvalue weighted by Gasteiger charge is -2.13. The van der Waals surface area contributed by atoms with Crippen LogP contribution in [0.25, 0.3) is 0 Å². The molecule has 1 aromatic heterocycles. The molecule has 8 heteroatoms. The Labute approximate surface area is 105 Å². The maximum Gasteiger partial charge on any atom is 0.418 e. The number of ether oxygens (including phenoxy) is 1. The quantitative estimate of drug-likeness (QED) is 0.629. The summed E-state index contributed by atoms with van der Waals surface area (Å²) in [6, 6.07) is 0.298. The van der Waals surface area contributed by atoms with E-state index in [0.29, 0.717) is 12.3 Å². The molecule has 0 fully saturated rings. The van der Waals surface area contributed by atoms with E-state index in [0.717, 1.165) is 0 Å². The van der Waals surface area contributed by atoms with Gasteiger partial charge in [-0.3, -0.25) is 9.78 Å². The van der Waals surface area contributed by atoms with E-state index < -0.39 is 41.8 Å². The number of carbonyl (C=O) groups excluding carboxylic acids is 1. The van der Waals surface area contributed by atoms with Crippen LogP contribution < -0.4 is 0 Å². The highest BCUT2D eigenvalue weighted by Gasteiger charge is 2.35. The zero-order chi connectivity index (χ0) is 14.6. The highest BCUT2D eigenvalue weighted by Crippen LogP contribution is 2.33. The van der Waals surface area contributed by atoms with Crippen LogP contribution in [-0.2, 0) is 22.1 Å². The number of esters is 1. The van der Waals surface area contributed by atoms with E-state index in [2.05, 4.69) is 9.72 Å². The Hall–Kier alpha value is -1.73. The second kappa shape index (κ2) is 5.94. The normalized spacial score (nSPS) is 11.7. The number of alkyl halides is 5. The van der Waals surface area contributed by atoms with Crippen molar-refractivity contribution in [2.75, 3.05) is 6.61 Å². The Morgan fingerprint density at radius 2 is 2.05 bits per heavy atom. The minimum Gasteiger partial charge on any atom is -0.466 e. The van der Waals surface area contributed by atoms with Crippen molar-refractivity contribution < 1.29 is 31.5 Å². The molecule has 0 saturated heterocycles. The molecule has 0 N–H and O–H groups in total. The van der Waals surface area contributed by atoms with Gasteiger partial charge in [0.15, 0.2) is 0 Å². The van der Waals surface area contributed by atoms with E-state index in [1.807, 2.05) is 0 Å². The highest BCUT2D eigenvalue weighted by atomic mass is 19.4. The molecular formula is C11H10F5NO2. The molecule has 1 rings (SSSR count). The van der Waals surface area contributed by atoms with Gasteiger partial charge in [0.1, 0.15) is 0 Å². The van der Waals surface area contributed by atoms with Crippen molar-refractivity contribution in [2.45, 2.75) is 25.9 Å². The Bertz CT molecular complexity index is 459. The van der Waals surface area contributed by atoms with E-state index in [9.17, 15) is 26.7 Å². The lowest BCUT2D eigenvalue weighted by molar-refractivity contribution is -0.143. The first-order valence-electron chi connectivity index (χ1n) is 5.25. The fourth-order valence-corrected chi connectivity index (χ4v) is 1.36. The third-order valence-electron chi connectivity index (χ3n) is 2.17. The van der Waals surface area contributed by atoms with Crippen LogP contribution in [0.15, 0.2) is 12.3 Å². The van der Waals surface area contributed by atoms with Crippen molar-refractivity contribution in [1.29, 1.82) is 0 Å². The summed E-state index contributed by atoms with van der Waals surface area (Å²) in [6.07, 6.45) is -8.02. The molecule has 0 bridgehead atoms. The van der Waals surface area contributed by atoms with Crippen LogP contribution in [-0.4, -0.2) is 17.6 Å². The Kier molecular flexibility index (Phi) is 4.79. The first-order chi connectivity index (χ1) is 8.75. The number of hydrogen-bond donors (Lipinski definition) is 0. The zero-order valence-corrected chi connectivity index (χ0v) is 9.80. The van der Waals surface area contributed by atoms with Crippen LogP contribution in [0.5, 0.6) is 0 Å². The van der Waals surface area contributed by atoms with Gasteiger partial charge in [-0.05, 0) is 13.0 Å². The van der Waals surface area contributed by atoms with Crippen molar-refractivity contribution >= 4 is 5.97 Å². The third-order valence-corrected chi connectivity index (χ3v) is 2.17. The lowest BCUT2D eigenvalue weighted by Crippen LogP contribution is -2.16. The Morgan fingerprint density at radius 3 is 2.53 bits per heavy atom. The molecular weight excluding hydrogens is 273 g/mol. The van der Waals surface area contributed by atoms with Crippen molar-refractivity contribution in [2.24, 2.45) is 0 Å². The summed E-state index contributed by atoms with van der Waals surface area (Å²) < 4.78 is 67.3. The molecule has 19 heavy (non-hydrogen) atoms. The topological polar surface area (TPSA) is 39.2 Å². The van der Waals surface area contributed by atoms with E-state index in [1.54, 1.807) is 0 Å². The average molecular weight is 283 g/mol. The summed E-state index contributed by atoms with van der Waals surface area (Å²) in [5, 5.41) is 0. The minimum absolute atomic E-state index is 0.00923. The van der Waals surface area contributed by atoms with E-state index >= 15 is 0 Å². The lowest BCUT2D eigenvalue weighted by atomic mass is 10.1. The molecule has 0 aliphatic rings. The van der Waals surface area contributed by atoms with Crippen molar-refractivity contribution in [3.05, 3.63) is 29.1 Å². The second-order valence-electron chi connectivity index (χ2n) is 3.54. The summed E-state index contributed by atoms with van der Waals surface area (Å²) >= 11 is 0. The number of halogens is 5. The smallest absolute Gasteiger partial charge is 0.418 e. The molecule has 106 valence electrons. The van der Waals surface area contributed by atoms with Gasteiger partial charge in [0, 0.05) is 11.8 Å². The van der Waals surface area contributed by atoms with Gasteiger partial charge in [-0.25, -0.2) is 8.78 Å². The highest BCUT2D eigenvalue weighted by molar-refractivity contribution is 5.72. The summed E-state index contributed by atoms with van der Waals surface area (Å²) in [5.41, 5.74) is -2.83. The maximum atomic E-state index is 12.7. The number of hydrogen-bond acceptors (Lipinski definition) is 3. The number of nitrogens with zero attached hydrogens (tertiary/aromatic N) is 1. The van der Waals surface area contributed by atoms with Crippen molar-refractivity contribution in [3.63, 3.8) is 0 Å². The van der Waals surface area contributed by atoms with Crippen LogP contribution in [0.1, 0.15) is 30.2 Å². The maximum absolute atomic E-state index is 12.7. The molecule has 0 spiro atoms. The predicted octanol–water partition coefficient (Wildman–Crippen LogP) is 3.14. The molecule has 3 nitrogen and oxygen atoms in total.